The van der Waals surface area contributed by atoms with Gasteiger partial charge in [-0.25, -0.2) is 13.4 Å². The van der Waals surface area contributed by atoms with Gasteiger partial charge in [-0.2, -0.15) is 0 Å². The van der Waals surface area contributed by atoms with E-state index in [2.05, 4.69) is 4.98 Å². The molecule has 0 saturated carbocycles. The highest BCUT2D eigenvalue weighted by Crippen LogP contribution is 2.13. The minimum atomic E-state index is -3.33. The molecule has 0 amide bonds. The molecular weight excluding hydrogens is 294 g/mol. The number of aryl methyl sites for hydroxylation is 2. The Morgan fingerprint density at radius 3 is 2.50 bits per heavy atom. The van der Waals surface area contributed by atoms with Gasteiger partial charge in [-0.3, -0.25) is 0 Å². The van der Waals surface area contributed by atoms with Crippen LogP contribution in [0.1, 0.15) is 11.4 Å². The Labute approximate surface area is 123 Å². The maximum Gasteiger partial charge on any atom is 0.180 e. The van der Waals surface area contributed by atoms with Crippen molar-refractivity contribution in [3.8, 4) is 0 Å². The maximum absolute atomic E-state index is 12.2. The maximum atomic E-state index is 12.2. The molecule has 0 saturated heterocycles. The summed E-state index contributed by atoms with van der Waals surface area (Å²) in [6.07, 6.45) is 3.42. The minimum absolute atomic E-state index is 0.0244. The molecule has 1 aromatic heterocycles. The lowest BCUT2D eigenvalue weighted by atomic mass is 10.2. The van der Waals surface area contributed by atoms with Crippen molar-refractivity contribution in [2.24, 2.45) is 5.73 Å². The van der Waals surface area contributed by atoms with Gasteiger partial charge in [0.1, 0.15) is 10.8 Å². The molecule has 0 aliphatic rings. The van der Waals surface area contributed by atoms with Crippen molar-refractivity contribution in [1.29, 1.82) is 0 Å². The van der Waals surface area contributed by atoms with Crippen LogP contribution in [0.4, 0.5) is 0 Å². The molecule has 2 aromatic rings. The predicted octanol–water partition coefficient (Wildman–Crippen LogP) is 1.30. The Morgan fingerprint density at radius 1 is 1.35 bits per heavy atom. The smallest absolute Gasteiger partial charge is 0.180 e. The number of rotatable bonds is 5. The third-order valence-corrected chi connectivity index (χ3v) is 4.97. The molecule has 2 rings (SSSR count). The van der Waals surface area contributed by atoms with Crippen LogP contribution in [0, 0.1) is 6.92 Å². The van der Waals surface area contributed by atoms with Crippen LogP contribution in [-0.4, -0.2) is 28.7 Å². The van der Waals surface area contributed by atoms with E-state index >= 15 is 0 Å². The third-order valence-electron chi connectivity index (χ3n) is 3.02. The molecule has 0 aliphatic carbocycles. The Kier molecular flexibility index (Phi) is 4.20. The number of thiocarbonyl (C=S) groups is 1. The van der Waals surface area contributed by atoms with Crippen LogP contribution < -0.4 is 5.73 Å². The zero-order valence-corrected chi connectivity index (χ0v) is 12.6. The van der Waals surface area contributed by atoms with Crippen molar-refractivity contribution in [2.45, 2.75) is 18.4 Å². The van der Waals surface area contributed by atoms with Crippen LogP contribution in [0.15, 0.2) is 41.6 Å². The number of hydrogen-bond donors (Lipinski definition) is 1. The van der Waals surface area contributed by atoms with E-state index in [1.807, 2.05) is 6.92 Å². The number of benzene rings is 1. The van der Waals surface area contributed by atoms with E-state index < -0.39 is 9.84 Å². The van der Waals surface area contributed by atoms with Crippen molar-refractivity contribution in [2.75, 3.05) is 5.75 Å². The first-order chi connectivity index (χ1) is 9.40. The average molecular weight is 309 g/mol. The molecule has 5 nitrogen and oxygen atoms in total. The Hall–Kier alpha value is -1.73. The Balaban J connectivity index is 2.14. The first kappa shape index (κ1) is 14.7. The largest absolute Gasteiger partial charge is 0.389 e. The second kappa shape index (κ2) is 5.72. The lowest BCUT2D eigenvalue weighted by Gasteiger charge is -2.07. The zero-order chi connectivity index (χ0) is 14.8. The molecule has 0 unspecified atom stereocenters. The van der Waals surface area contributed by atoms with Crippen LogP contribution in [0.25, 0.3) is 0 Å². The number of nitrogens with zero attached hydrogens (tertiary/aromatic N) is 2. The van der Waals surface area contributed by atoms with Gasteiger partial charge in [-0.05, 0) is 19.1 Å². The highest BCUT2D eigenvalue weighted by molar-refractivity contribution is 7.91. The number of imidazole rings is 1. The van der Waals surface area contributed by atoms with Gasteiger partial charge in [0.2, 0.25) is 0 Å². The average Bonchev–Trinajstić information content (AvgIpc) is 2.82. The van der Waals surface area contributed by atoms with E-state index in [4.69, 9.17) is 18.0 Å². The molecule has 7 heteroatoms. The summed E-state index contributed by atoms with van der Waals surface area (Å²) >= 11 is 4.84. The predicted molar refractivity (Wildman–Crippen MR) is 81.3 cm³/mol. The lowest BCUT2D eigenvalue weighted by Crippen LogP contribution is -2.14. The van der Waals surface area contributed by atoms with Gasteiger partial charge < -0.3 is 10.3 Å². The standard InChI is InChI=1S/C13H15N3O2S2/c1-10-15-6-7-16(10)8-9-20(17,18)12-4-2-11(3-5-12)13(14)19/h2-7H,8-9H2,1H3,(H2,14,19). The molecular formula is C13H15N3O2S2. The zero-order valence-electron chi connectivity index (χ0n) is 11.0. The van der Waals surface area contributed by atoms with Crippen LogP contribution in [-0.2, 0) is 16.4 Å². The fourth-order valence-corrected chi connectivity index (χ4v) is 3.16. The second-order valence-corrected chi connectivity index (χ2v) is 6.92. The topological polar surface area (TPSA) is 78.0 Å². The summed E-state index contributed by atoms with van der Waals surface area (Å²) in [5.41, 5.74) is 6.14. The molecule has 0 aliphatic heterocycles. The number of aromatic nitrogens is 2. The van der Waals surface area contributed by atoms with Crippen LogP contribution in [0.2, 0.25) is 0 Å². The molecule has 0 bridgehead atoms. The highest BCUT2D eigenvalue weighted by atomic mass is 32.2. The minimum Gasteiger partial charge on any atom is -0.389 e. The normalized spacial score (nSPS) is 11.4. The second-order valence-electron chi connectivity index (χ2n) is 4.38. The first-order valence-electron chi connectivity index (χ1n) is 6.00. The summed E-state index contributed by atoms with van der Waals surface area (Å²) in [6, 6.07) is 6.31. The fraction of sp³-hybridized carbons (Fsp3) is 0.231. The summed E-state index contributed by atoms with van der Waals surface area (Å²) in [6.45, 7) is 2.22. The molecule has 2 N–H and O–H groups in total. The molecule has 106 valence electrons. The number of hydrogen-bond acceptors (Lipinski definition) is 4. The summed E-state index contributed by atoms with van der Waals surface area (Å²) in [4.78, 5) is 4.59. The van der Waals surface area contributed by atoms with Crippen molar-refractivity contribution in [1.82, 2.24) is 9.55 Å². The first-order valence-corrected chi connectivity index (χ1v) is 8.06. The monoisotopic (exact) mass is 309 g/mol. The molecule has 0 atom stereocenters. The van der Waals surface area contributed by atoms with Crippen molar-refractivity contribution in [3.63, 3.8) is 0 Å². The van der Waals surface area contributed by atoms with Gasteiger partial charge >= 0.3 is 0 Å². The van der Waals surface area contributed by atoms with E-state index in [0.29, 0.717) is 12.1 Å². The van der Waals surface area contributed by atoms with Gasteiger partial charge in [-0.1, -0.05) is 24.4 Å². The summed E-state index contributed by atoms with van der Waals surface area (Å²) in [7, 11) is -3.33. The number of sulfone groups is 1. The fourth-order valence-electron chi connectivity index (χ4n) is 1.80. The lowest BCUT2D eigenvalue weighted by molar-refractivity contribution is 0.587. The van der Waals surface area contributed by atoms with Crippen molar-refractivity contribution >= 4 is 27.0 Å². The van der Waals surface area contributed by atoms with Crippen molar-refractivity contribution in [3.05, 3.63) is 48.0 Å². The van der Waals surface area contributed by atoms with Crippen LogP contribution >= 0.6 is 12.2 Å². The molecule has 0 radical (unpaired) electrons. The van der Waals surface area contributed by atoms with E-state index in [-0.39, 0.29) is 15.6 Å². The SMILES string of the molecule is Cc1nccn1CCS(=O)(=O)c1ccc(C(N)=S)cc1. The van der Waals surface area contributed by atoms with Crippen LogP contribution in [0.3, 0.4) is 0 Å². The number of nitrogens with two attached hydrogens (primary N) is 1. The summed E-state index contributed by atoms with van der Waals surface area (Å²) < 4.78 is 26.3. The van der Waals surface area contributed by atoms with Gasteiger partial charge in [0.15, 0.2) is 9.84 Å². The van der Waals surface area contributed by atoms with E-state index in [1.165, 1.54) is 12.1 Å². The quantitative estimate of drug-likeness (QED) is 0.842. The van der Waals surface area contributed by atoms with Gasteiger partial charge in [0, 0.05) is 24.5 Å². The van der Waals surface area contributed by atoms with Gasteiger partial charge in [0.05, 0.1) is 10.6 Å². The van der Waals surface area contributed by atoms with Gasteiger partial charge in [-0.15, -0.1) is 0 Å². The Bertz CT molecular complexity index is 718. The van der Waals surface area contributed by atoms with E-state index in [9.17, 15) is 8.42 Å². The highest BCUT2D eigenvalue weighted by Gasteiger charge is 2.15. The van der Waals surface area contributed by atoms with E-state index in [0.717, 1.165) is 5.82 Å². The molecule has 0 fully saturated rings. The van der Waals surface area contributed by atoms with Gasteiger partial charge in [0.25, 0.3) is 0 Å². The molecule has 1 heterocycles. The van der Waals surface area contributed by atoms with E-state index in [1.54, 1.807) is 29.1 Å². The third kappa shape index (κ3) is 3.23. The summed E-state index contributed by atoms with van der Waals surface area (Å²) in [5, 5.41) is 0. The van der Waals surface area contributed by atoms with Crippen LogP contribution in [0.5, 0.6) is 0 Å². The Morgan fingerprint density at radius 2 is 2.00 bits per heavy atom. The summed E-state index contributed by atoms with van der Waals surface area (Å²) in [5.74, 6) is 0.820. The molecule has 0 spiro atoms. The molecule has 20 heavy (non-hydrogen) atoms. The molecule has 1 aromatic carbocycles. The van der Waals surface area contributed by atoms with Crippen molar-refractivity contribution < 1.29 is 8.42 Å².